The Bertz CT molecular complexity index is 231. The van der Waals surface area contributed by atoms with Crippen LogP contribution in [0.4, 0.5) is 8.78 Å². The van der Waals surface area contributed by atoms with Gasteiger partial charge in [-0.15, -0.1) is 0 Å². The summed E-state index contributed by atoms with van der Waals surface area (Å²) in [4.78, 5) is 10.3. The molecule has 2 N–H and O–H groups in total. The van der Waals surface area contributed by atoms with Crippen LogP contribution in [0, 0.1) is 5.41 Å². The number of nitrogens with one attached hydrogen (secondary N) is 1. The molecule has 0 aromatic rings. The van der Waals surface area contributed by atoms with Crippen LogP contribution in [0.1, 0.15) is 6.42 Å². The molecule has 2 aliphatic rings. The lowest BCUT2D eigenvalue weighted by molar-refractivity contribution is -0.147. The number of aliphatic carboxylic acids is 1. The fourth-order valence-corrected chi connectivity index (χ4v) is 1.63. The average Bonchev–Trinajstić information content (AvgIpc) is 2.32. The highest BCUT2D eigenvalue weighted by Crippen LogP contribution is 2.65. The molecule has 1 saturated heterocycles. The van der Waals surface area contributed by atoms with Crippen LogP contribution in [0.2, 0.25) is 0 Å². The molecule has 0 unspecified atom stereocenters. The van der Waals surface area contributed by atoms with Gasteiger partial charge in [0.25, 0.3) is 5.92 Å². The summed E-state index contributed by atoms with van der Waals surface area (Å²) in [6, 6.07) is -1.03. The predicted octanol–water partition coefficient (Wildman–Crippen LogP) is 0.0682. The molecule has 3 nitrogen and oxygen atoms in total. The Kier molecular flexibility index (Phi) is 0.982. The van der Waals surface area contributed by atoms with Crippen molar-refractivity contribution in [2.24, 2.45) is 5.41 Å². The third-order valence-electron chi connectivity index (χ3n) is 2.56. The molecule has 2 fully saturated rings. The molecule has 1 aliphatic carbocycles. The van der Waals surface area contributed by atoms with Gasteiger partial charge in [-0.25, -0.2) is 8.78 Å². The number of carboxylic acids is 1. The van der Waals surface area contributed by atoms with Crippen LogP contribution in [0.3, 0.4) is 0 Å². The van der Waals surface area contributed by atoms with Crippen molar-refractivity contribution < 1.29 is 18.7 Å². The van der Waals surface area contributed by atoms with Gasteiger partial charge in [0, 0.05) is 13.0 Å². The van der Waals surface area contributed by atoms with Crippen molar-refractivity contribution in [2.75, 3.05) is 6.54 Å². The van der Waals surface area contributed by atoms with E-state index in [0.29, 0.717) is 0 Å². The first kappa shape index (κ1) is 6.97. The monoisotopic (exact) mass is 163 g/mol. The van der Waals surface area contributed by atoms with E-state index in [1.165, 1.54) is 0 Å². The molecular weight excluding hydrogens is 156 g/mol. The molecule has 0 aromatic heterocycles. The van der Waals surface area contributed by atoms with Crippen LogP contribution in [0.15, 0.2) is 0 Å². The van der Waals surface area contributed by atoms with Crippen molar-refractivity contribution in [3.63, 3.8) is 0 Å². The van der Waals surface area contributed by atoms with Gasteiger partial charge in [0.1, 0.15) is 6.04 Å². The van der Waals surface area contributed by atoms with Crippen molar-refractivity contribution in [1.29, 1.82) is 0 Å². The topological polar surface area (TPSA) is 49.3 Å². The minimum Gasteiger partial charge on any atom is -0.480 e. The Balaban J connectivity index is 2.15. The van der Waals surface area contributed by atoms with Crippen LogP contribution >= 0.6 is 0 Å². The van der Waals surface area contributed by atoms with Crippen molar-refractivity contribution in [1.82, 2.24) is 5.32 Å². The van der Waals surface area contributed by atoms with Gasteiger partial charge in [-0.1, -0.05) is 0 Å². The number of carboxylic acid groups (broad SMARTS) is 1. The summed E-state index contributed by atoms with van der Waals surface area (Å²) >= 11 is 0. The van der Waals surface area contributed by atoms with E-state index in [1.807, 2.05) is 0 Å². The molecule has 11 heavy (non-hydrogen) atoms. The summed E-state index contributed by atoms with van der Waals surface area (Å²) in [7, 11) is 0. The Labute approximate surface area is 61.4 Å². The van der Waals surface area contributed by atoms with E-state index >= 15 is 0 Å². The second-order valence-corrected chi connectivity index (χ2v) is 3.19. The van der Waals surface area contributed by atoms with Crippen LogP contribution in [-0.2, 0) is 4.79 Å². The summed E-state index contributed by atoms with van der Waals surface area (Å²) in [5.74, 6) is -3.92. The summed E-state index contributed by atoms with van der Waals surface area (Å²) in [5.41, 5.74) is -1.24. The highest BCUT2D eigenvalue weighted by atomic mass is 19.3. The smallest absolute Gasteiger partial charge is 0.321 e. The Hall–Kier alpha value is -0.710. The van der Waals surface area contributed by atoms with Gasteiger partial charge in [0.2, 0.25) is 0 Å². The van der Waals surface area contributed by atoms with E-state index in [2.05, 4.69) is 5.32 Å². The van der Waals surface area contributed by atoms with Crippen LogP contribution in [0.25, 0.3) is 0 Å². The number of hydrogen-bond donors (Lipinski definition) is 2. The SMILES string of the molecule is O=C(O)[C@@H]1NC[C@]12CC2(F)F. The first-order valence-corrected chi connectivity index (χ1v) is 3.34. The Morgan fingerprint density at radius 1 is 1.64 bits per heavy atom. The van der Waals surface area contributed by atoms with Crippen molar-refractivity contribution in [3.8, 4) is 0 Å². The third-order valence-corrected chi connectivity index (χ3v) is 2.56. The van der Waals surface area contributed by atoms with E-state index in [0.717, 1.165) is 0 Å². The maximum Gasteiger partial charge on any atom is 0.321 e. The minimum atomic E-state index is -2.75. The minimum absolute atomic E-state index is 0.136. The van der Waals surface area contributed by atoms with Gasteiger partial charge < -0.3 is 10.4 Å². The molecule has 62 valence electrons. The fraction of sp³-hybridized carbons (Fsp3) is 0.833. The Morgan fingerprint density at radius 3 is 2.27 bits per heavy atom. The molecule has 2 atom stereocenters. The van der Waals surface area contributed by atoms with Crippen LogP contribution in [0.5, 0.6) is 0 Å². The summed E-state index contributed by atoms with van der Waals surface area (Å²) in [6.45, 7) is 0.136. The van der Waals surface area contributed by atoms with Gasteiger partial charge in [0.05, 0.1) is 5.41 Å². The molecular formula is C6H7F2NO2. The largest absolute Gasteiger partial charge is 0.480 e. The highest BCUT2D eigenvalue weighted by molar-refractivity contribution is 5.77. The van der Waals surface area contributed by atoms with Gasteiger partial charge >= 0.3 is 5.97 Å². The lowest BCUT2D eigenvalue weighted by Crippen LogP contribution is -2.61. The van der Waals surface area contributed by atoms with Gasteiger partial charge in [-0.05, 0) is 0 Å². The quantitative estimate of drug-likeness (QED) is 0.575. The molecule has 1 spiro atoms. The first-order valence-electron chi connectivity index (χ1n) is 3.34. The van der Waals surface area contributed by atoms with Gasteiger partial charge in [-0.3, -0.25) is 4.79 Å². The number of carbonyl (C=O) groups is 1. The van der Waals surface area contributed by atoms with Gasteiger partial charge in [0.15, 0.2) is 0 Å². The first-order chi connectivity index (χ1) is 5.00. The molecule has 0 radical (unpaired) electrons. The van der Waals surface area contributed by atoms with Gasteiger partial charge in [-0.2, -0.15) is 0 Å². The molecule has 0 bridgehead atoms. The third kappa shape index (κ3) is 0.617. The normalized spacial score (nSPS) is 45.1. The molecule has 1 heterocycles. The van der Waals surface area contributed by atoms with E-state index in [9.17, 15) is 13.6 Å². The number of alkyl halides is 2. The average molecular weight is 163 g/mol. The fourth-order valence-electron chi connectivity index (χ4n) is 1.63. The van der Waals surface area contributed by atoms with E-state index < -0.39 is 23.3 Å². The zero-order chi connectivity index (χ0) is 8.28. The lowest BCUT2D eigenvalue weighted by atomic mass is 9.87. The van der Waals surface area contributed by atoms with E-state index in [-0.39, 0.29) is 13.0 Å². The summed E-state index contributed by atoms with van der Waals surface area (Å²) < 4.78 is 25.1. The molecule has 5 heteroatoms. The number of halogens is 2. The van der Waals surface area contributed by atoms with E-state index in [1.54, 1.807) is 0 Å². The number of hydrogen-bond acceptors (Lipinski definition) is 2. The van der Waals surface area contributed by atoms with E-state index in [4.69, 9.17) is 5.11 Å². The zero-order valence-electron chi connectivity index (χ0n) is 5.60. The Morgan fingerprint density at radius 2 is 2.18 bits per heavy atom. The standard InChI is InChI=1S/C6H7F2NO2/c7-6(8)1-5(6)2-9-3(5)4(10)11/h3,9H,1-2H2,(H,10,11)/t3-,5+/m0/s1. The molecule has 0 aromatic carbocycles. The zero-order valence-corrected chi connectivity index (χ0v) is 5.60. The number of rotatable bonds is 1. The molecule has 0 amide bonds. The molecule has 2 rings (SSSR count). The second kappa shape index (κ2) is 1.55. The van der Waals surface area contributed by atoms with Crippen molar-refractivity contribution in [3.05, 3.63) is 0 Å². The van der Waals surface area contributed by atoms with Crippen LogP contribution in [-0.4, -0.2) is 29.6 Å². The predicted molar refractivity (Wildman–Crippen MR) is 31.4 cm³/mol. The highest BCUT2D eigenvalue weighted by Gasteiger charge is 2.79. The van der Waals surface area contributed by atoms with Crippen LogP contribution < -0.4 is 5.32 Å². The second-order valence-electron chi connectivity index (χ2n) is 3.19. The summed E-state index contributed by atoms with van der Waals surface area (Å²) in [5, 5.41) is 10.9. The van der Waals surface area contributed by atoms with Crippen molar-refractivity contribution in [2.45, 2.75) is 18.4 Å². The molecule has 1 saturated carbocycles. The maximum atomic E-state index is 12.5. The maximum absolute atomic E-state index is 12.5. The van der Waals surface area contributed by atoms with Crippen molar-refractivity contribution >= 4 is 5.97 Å². The lowest BCUT2D eigenvalue weighted by Gasteiger charge is -2.35. The summed E-state index contributed by atoms with van der Waals surface area (Å²) in [6.07, 6.45) is -0.274. The molecule has 1 aliphatic heterocycles.